The Morgan fingerprint density at radius 3 is 2.43 bits per heavy atom. The maximum atomic E-state index is 13.8. The number of amides is 2. The largest absolute Gasteiger partial charge is 0.467 e. The minimum absolute atomic E-state index is 0.118. The SMILES string of the molecule is O=C(CN(CCN1CCOCC1)C(=O)c1cccc(F)c1)N(Cc1ccccc1)Cc1ccco1. The summed E-state index contributed by atoms with van der Waals surface area (Å²) in [5.74, 6) is -0.412. The maximum absolute atomic E-state index is 13.8. The highest BCUT2D eigenvalue weighted by atomic mass is 19.1. The lowest BCUT2D eigenvalue weighted by Crippen LogP contribution is -2.47. The zero-order chi connectivity index (χ0) is 24.5. The van der Waals surface area contributed by atoms with Crippen LogP contribution in [-0.2, 0) is 22.6 Å². The Kier molecular flexibility index (Phi) is 8.64. The molecule has 2 heterocycles. The normalized spacial score (nSPS) is 14.0. The van der Waals surface area contributed by atoms with Crippen LogP contribution in [0.15, 0.2) is 77.4 Å². The molecule has 0 bridgehead atoms. The predicted molar refractivity (Wildman–Crippen MR) is 129 cm³/mol. The molecule has 1 aromatic heterocycles. The molecule has 1 aliphatic rings. The van der Waals surface area contributed by atoms with E-state index in [0.29, 0.717) is 38.6 Å². The van der Waals surface area contributed by atoms with E-state index in [1.165, 1.54) is 23.1 Å². The van der Waals surface area contributed by atoms with Gasteiger partial charge in [-0.05, 0) is 35.9 Å². The predicted octanol–water partition coefficient (Wildman–Crippen LogP) is 3.42. The van der Waals surface area contributed by atoms with Crippen LogP contribution in [-0.4, -0.2) is 72.5 Å². The first-order valence-corrected chi connectivity index (χ1v) is 11.8. The third-order valence-electron chi connectivity index (χ3n) is 5.97. The van der Waals surface area contributed by atoms with Gasteiger partial charge < -0.3 is 19.0 Å². The standard InChI is InChI=1S/C27H30FN3O4/c28-24-9-4-8-23(18-24)27(33)30(12-11-29-13-16-34-17-14-29)21-26(32)31(20-25-10-5-15-35-25)19-22-6-2-1-3-7-22/h1-10,15,18H,11-14,16-17,19-21H2. The van der Waals surface area contributed by atoms with Crippen molar-refractivity contribution in [2.24, 2.45) is 0 Å². The van der Waals surface area contributed by atoms with Gasteiger partial charge in [0.25, 0.3) is 5.91 Å². The van der Waals surface area contributed by atoms with Crippen LogP contribution in [0.2, 0.25) is 0 Å². The highest BCUT2D eigenvalue weighted by Gasteiger charge is 2.24. The first-order chi connectivity index (χ1) is 17.1. The molecule has 0 saturated carbocycles. The van der Waals surface area contributed by atoms with E-state index in [1.807, 2.05) is 36.4 Å². The number of rotatable bonds is 10. The number of hydrogen-bond donors (Lipinski definition) is 0. The summed E-state index contributed by atoms with van der Waals surface area (Å²) in [5.41, 5.74) is 1.20. The van der Waals surface area contributed by atoms with Crippen LogP contribution in [0.1, 0.15) is 21.7 Å². The summed E-state index contributed by atoms with van der Waals surface area (Å²) in [6.07, 6.45) is 1.57. The number of morpholine rings is 1. The third kappa shape index (κ3) is 7.24. The second-order valence-corrected chi connectivity index (χ2v) is 8.51. The van der Waals surface area contributed by atoms with Crippen LogP contribution in [0.5, 0.6) is 0 Å². The molecule has 1 saturated heterocycles. The van der Waals surface area contributed by atoms with Crippen LogP contribution in [0.3, 0.4) is 0 Å². The highest BCUT2D eigenvalue weighted by molar-refractivity contribution is 5.96. The molecule has 0 unspecified atom stereocenters. The Balaban J connectivity index is 1.51. The molecule has 0 radical (unpaired) electrons. The highest BCUT2D eigenvalue weighted by Crippen LogP contribution is 2.14. The molecule has 8 heteroatoms. The summed E-state index contributed by atoms with van der Waals surface area (Å²) in [5, 5.41) is 0. The van der Waals surface area contributed by atoms with E-state index in [4.69, 9.17) is 9.15 Å². The average Bonchev–Trinajstić information content (AvgIpc) is 3.40. The molecule has 184 valence electrons. The van der Waals surface area contributed by atoms with E-state index in [9.17, 15) is 14.0 Å². The Labute approximate surface area is 204 Å². The van der Waals surface area contributed by atoms with Crippen molar-refractivity contribution in [2.45, 2.75) is 13.1 Å². The lowest BCUT2D eigenvalue weighted by Gasteiger charge is -2.31. The van der Waals surface area contributed by atoms with Gasteiger partial charge in [0.15, 0.2) is 0 Å². The average molecular weight is 480 g/mol. The molecule has 0 N–H and O–H groups in total. The number of benzene rings is 2. The van der Waals surface area contributed by atoms with Gasteiger partial charge in [0.2, 0.25) is 5.91 Å². The van der Waals surface area contributed by atoms with Crippen molar-refractivity contribution in [1.29, 1.82) is 0 Å². The van der Waals surface area contributed by atoms with Gasteiger partial charge >= 0.3 is 0 Å². The van der Waals surface area contributed by atoms with Crippen LogP contribution >= 0.6 is 0 Å². The number of halogens is 1. The summed E-state index contributed by atoms with van der Waals surface area (Å²) < 4.78 is 24.7. The van der Waals surface area contributed by atoms with Gasteiger partial charge in [-0.2, -0.15) is 0 Å². The van der Waals surface area contributed by atoms with E-state index in [0.717, 1.165) is 18.7 Å². The number of ether oxygens (including phenoxy) is 1. The Morgan fingerprint density at radius 1 is 0.914 bits per heavy atom. The van der Waals surface area contributed by atoms with Gasteiger partial charge in [-0.15, -0.1) is 0 Å². The van der Waals surface area contributed by atoms with Crippen molar-refractivity contribution in [2.75, 3.05) is 45.9 Å². The first-order valence-electron chi connectivity index (χ1n) is 11.8. The fraction of sp³-hybridized carbons (Fsp3) is 0.333. The quantitative estimate of drug-likeness (QED) is 0.446. The van der Waals surface area contributed by atoms with E-state index < -0.39 is 5.82 Å². The van der Waals surface area contributed by atoms with Gasteiger partial charge in [0, 0.05) is 38.3 Å². The number of carbonyl (C=O) groups is 2. The molecule has 2 amide bonds. The summed E-state index contributed by atoms with van der Waals surface area (Å²) in [7, 11) is 0. The molecule has 1 fully saturated rings. The van der Waals surface area contributed by atoms with Crippen molar-refractivity contribution in [3.63, 3.8) is 0 Å². The van der Waals surface area contributed by atoms with Gasteiger partial charge in [0.05, 0.1) is 26.0 Å². The molecular formula is C27H30FN3O4. The summed E-state index contributed by atoms with van der Waals surface area (Å²) in [6, 6.07) is 18.9. The number of carbonyl (C=O) groups excluding carboxylic acids is 2. The third-order valence-corrected chi connectivity index (χ3v) is 5.97. The van der Waals surface area contributed by atoms with E-state index >= 15 is 0 Å². The minimum Gasteiger partial charge on any atom is -0.467 e. The molecular weight excluding hydrogens is 449 g/mol. The second kappa shape index (κ2) is 12.3. The Hall–Kier alpha value is -3.49. The van der Waals surface area contributed by atoms with Crippen LogP contribution in [0, 0.1) is 5.82 Å². The van der Waals surface area contributed by atoms with Crippen molar-refractivity contribution < 1.29 is 23.1 Å². The number of nitrogens with zero attached hydrogens (tertiary/aromatic N) is 3. The van der Waals surface area contributed by atoms with Crippen molar-refractivity contribution in [3.8, 4) is 0 Å². The Bertz CT molecular complexity index is 1080. The lowest BCUT2D eigenvalue weighted by molar-refractivity contribution is -0.133. The first kappa shape index (κ1) is 24.6. The second-order valence-electron chi connectivity index (χ2n) is 8.51. The smallest absolute Gasteiger partial charge is 0.254 e. The topological polar surface area (TPSA) is 66.2 Å². The van der Waals surface area contributed by atoms with Gasteiger partial charge in [0.1, 0.15) is 18.1 Å². The molecule has 0 spiro atoms. The van der Waals surface area contributed by atoms with E-state index in [2.05, 4.69) is 4.90 Å². The summed E-state index contributed by atoms with van der Waals surface area (Å²) in [4.78, 5) is 32.2. The molecule has 0 aliphatic carbocycles. The molecule has 0 atom stereocenters. The van der Waals surface area contributed by atoms with Crippen molar-refractivity contribution in [3.05, 3.63) is 95.7 Å². The zero-order valence-corrected chi connectivity index (χ0v) is 19.6. The molecule has 1 aliphatic heterocycles. The van der Waals surface area contributed by atoms with Gasteiger partial charge in [-0.25, -0.2) is 4.39 Å². The monoisotopic (exact) mass is 479 g/mol. The zero-order valence-electron chi connectivity index (χ0n) is 19.6. The van der Waals surface area contributed by atoms with Crippen LogP contribution < -0.4 is 0 Å². The van der Waals surface area contributed by atoms with Crippen LogP contribution in [0.4, 0.5) is 4.39 Å². The van der Waals surface area contributed by atoms with E-state index in [-0.39, 0.29) is 30.5 Å². The Morgan fingerprint density at radius 2 is 1.71 bits per heavy atom. The van der Waals surface area contributed by atoms with Gasteiger partial charge in [-0.1, -0.05) is 36.4 Å². The van der Waals surface area contributed by atoms with Crippen molar-refractivity contribution >= 4 is 11.8 Å². The summed E-state index contributed by atoms with van der Waals surface area (Å²) >= 11 is 0. The molecule has 4 rings (SSSR count). The lowest BCUT2D eigenvalue weighted by atomic mass is 10.1. The fourth-order valence-electron chi connectivity index (χ4n) is 4.03. The van der Waals surface area contributed by atoms with Gasteiger partial charge in [-0.3, -0.25) is 14.5 Å². The molecule has 2 aromatic carbocycles. The van der Waals surface area contributed by atoms with Crippen molar-refractivity contribution in [1.82, 2.24) is 14.7 Å². The molecule has 7 nitrogen and oxygen atoms in total. The van der Waals surface area contributed by atoms with Crippen LogP contribution in [0.25, 0.3) is 0 Å². The summed E-state index contributed by atoms with van der Waals surface area (Å²) in [6.45, 7) is 4.33. The number of furan rings is 1. The molecule has 3 aromatic rings. The van der Waals surface area contributed by atoms with E-state index in [1.54, 1.807) is 23.3 Å². The number of hydrogen-bond acceptors (Lipinski definition) is 5. The molecule has 35 heavy (non-hydrogen) atoms. The fourth-order valence-corrected chi connectivity index (χ4v) is 4.03. The minimum atomic E-state index is -0.487. The maximum Gasteiger partial charge on any atom is 0.254 e.